The van der Waals surface area contributed by atoms with Gasteiger partial charge < -0.3 is 0 Å². The Labute approximate surface area is 108 Å². The topological polar surface area (TPSA) is 0 Å². The zero-order valence-electron chi connectivity index (χ0n) is 9.36. The van der Waals surface area contributed by atoms with Gasteiger partial charge in [-0.1, -0.05) is 30.1 Å². The lowest BCUT2D eigenvalue weighted by Crippen LogP contribution is -2.21. The van der Waals surface area contributed by atoms with Crippen LogP contribution in [0.3, 0.4) is 0 Å². The first-order valence-electron chi connectivity index (χ1n) is 6.34. The van der Waals surface area contributed by atoms with E-state index in [9.17, 15) is 0 Å². The van der Waals surface area contributed by atoms with Crippen molar-refractivity contribution in [3.05, 3.63) is 0 Å². The maximum atomic E-state index is 4.33. The molecular formula is C12H22S3. The Balaban J connectivity index is 1.67. The Hall–Kier alpha value is 1.05. The van der Waals surface area contributed by atoms with Gasteiger partial charge in [-0.15, -0.1) is 11.7 Å². The summed E-state index contributed by atoms with van der Waals surface area (Å²) in [5.41, 5.74) is 0. The van der Waals surface area contributed by atoms with E-state index in [1.807, 2.05) is 0 Å². The summed E-state index contributed by atoms with van der Waals surface area (Å²) in [5, 5.41) is 2.82. The molecule has 0 aliphatic heterocycles. The molecule has 2 saturated carbocycles. The van der Waals surface area contributed by atoms with Crippen molar-refractivity contribution >= 4 is 34.2 Å². The van der Waals surface area contributed by atoms with E-state index < -0.39 is 0 Å². The second kappa shape index (κ2) is 6.70. The summed E-state index contributed by atoms with van der Waals surface area (Å²) < 4.78 is 0. The van der Waals surface area contributed by atoms with E-state index in [0.717, 1.165) is 15.7 Å². The van der Waals surface area contributed by atoms with Gasteiger partial charge in [-0.25, -0.2) is 0 Å². The summed E-state index contributed by atoms with van der Waals surface area (Å²) in [4.78, 5) is 0. The van der Waals surface area contributed by atoms with Gasteiger partial charge in [0.25, 0.3) is 0 Å². The summed E-state index contributed by atoms with van der Waals surface area (Å²) in [5.74, 6) is 0. The lowest BCUT2D eigenvalue weighted by atomic mass is 9.99. The molecule has 2 aliphatic carbocycles. The molecule has 0 N–H and O–H groups in total. The predicted octanol–water partition coefficient (Wildman–Crippen LogP) is 4.94. The van der Waals surface area contributed by atoms with Gasteiger partial charge in [-0.3, -0.25) is 0 Å². The molecule has 2 rings (SSSR count). The third-order valence-electron chi connectivity index (χ3n) is 3.71. The van der Waals surface area contributed by atoms with Gasteiger partial charge in [0.05, 0.1) is 0 Å². The van der Waals surface area contributed by atoms with Crippen molar-refractivity contribution in [1.29, 1.82) is 0 Å². The van der Waals surface area contributed by atoms with E-state index in [-0.39, 0.29) is 0 Å². The maximum absolute atomic E-state index is 4.33. The molecule has 0 bridgehead atoms. The highest BCUT2D eigenvalue weighted by atomic mass is 33.1. The van der Waals surface area contributed by atoms with E-state index >= 15 is 0 Å². The smallest absolute Gasteiger partial charge is 0.0149 e. The Bertz CT molecular complexity index is 170. The molecule has 0 aromatic rings. The molecular weight excluding hydrogens is 240 g/mol. The fourth-order valence-electron chi connectivity index (χ4n) is 2.75. The fourth-order valence-corrected chi connectivity index (χ4v) is 5.56. The number of thioether (sulfide) groups is 1. The predicted molar refractivity (Wildman–Crippen MR) is 77.1 cm³/mol. The summed E-state index contributed by atoms with van der Waals surface area (Å²) in [6.45, 7) is 0. The molecule has 0 heterocycles. The highest BCUT2D eigenvalue weighted by Gasteiger charge is 2.24. The average Bonchev–Trinajstić information content (AvgIpc) is 2.31. The zero-order chi connectivity index (χ0) is 10.5. The van der Waals surface area contributed by atoms with Crippen LogP contribution in [0.2, 0.25) is 0 Å². The number of hydrogen-bond donors (Lipinski definition) is 1. The SMILES string of the molecule is SSC1CCC(SC2CCCCC2)CC1. The van der Waals surface area contributed by atoms with Crippen LogP contribution in [0, 0.1) is 0 Å². The van der Waals surface area contributed by atoms with Crippen LogP contribution in [-0.2, 0) is 0 Å². The van der Waals surface area contributed by atoms with E-state index in [1.54, 1.807) is 10.8 Å². The molecule has 0 unspecified atom stereocenters. The molecule has 0 aromatic heterocycles. The third-order valence-corrected chi connectivity index (χ3v) is 7.08. The molecule has 0 radical (unpaired) electrons. The van der Waals surface area contributed by atoms with Crippen molar-refractivity contribution in [2.24, 2.45) is 0 Å². The molecule has 2 fully saturated rings. The summed E-state index contributed by atoms with van der Waals surface area (Å²) in [6, 6.07) is 0. The van der Waals surface area contributed by atoms with Crippen molar-refractivity contribution in [3.63, 3.8) is 0 Å². The van der Waals surface area contributed by atoms with Crippen LogP contribution in [0.4, 0.5) is 0 Å². The van der Waals surface area contributed by atoms with Crippen LogP contribution in [-0.4, -0.2) is 15.7 Å². The van der Waals surface area contributed by atoms with Crippen LogP contribution in [0.5, 0.6) is 0 Å². The van der Waals surface area contributed by atoms with Gasteiger partial charge >= 0.3 is 0 Å². The average molecular weight is 263 g/mol. The maximum Gasteiger partial charge on any atom is 0.0149 e. The molecule has 15 heavy (non-hydrogen) atoms. The lowest BCUT2D eigenvalue weighted by Gasteiger charge is -2.31. The standard InChI is InChI=1S/C12H22S3/c13-15-12-8-6-11(7-9-12)14-10-4-2-1-3-5-10/h10-13H,1-9H2. The van der Waals surface area contributed by atoms with Crippen molar-refractivity contribution < 1.29 is 0 Å². The first-order chi connectivity index (χ1) is 7.38. The quantitative estimate of drug-likeness (QED) is 0.565. The number of hydrogen-bond acceptors (Lipinski definition) is 3. The van der Waals surface area contributed by atoms with Crippen LogP contribution >= 0.6 is 34.2 Å². The van der Waals surface area contributed by atoms with E-state index in [4.69, 9.17) is 0 Å². The van der Waals surface area contributed by atoms with Gasteiger partial charge in [0, 0.05) is 15.7 Å². The minimum atomic E-state index is 0.844. The summed E-state index contributed by atoms with van der Waals surface area (Å²) >= 11 is 6.65. The van der Waals surface area contributed by atoms with Gasteiger partial charge in [0.15, 0.2) is 0 Å². The van der Waals surface area contributed by atoms with Crippen molar-refractivity contribution in [3.8, 4) is 0 Å². The van der Waals surface area contributed by atoms with Crippen LogP contribution in [0.25, 0.3) is 0 Å². The van der Waals surface area contributed by atoms with Gasteiger partial charge in [-0.2, -0.15) is 11.8 Å². The normalized spacial score (nSPS) is 34.2. The molecule has 3 heteroatoms. The second-order valence-corrected chi connectivity index (χ2v) is 8.02. The molecule has 0 spiro atoms. The largest absolute Gasteiger partial charge is 0.155 e. The van der Waals surface area contributed by atoms with Gasteiger partial charge in [0.2, 0.25) is 0 Å². The van der Waals surface area contributed by atoms with E-state index in [2.05, 4.69) is 23.4 Å². The fraction of sp³-hybridized carbons (Fsp3) is 1.00. The molecule has 0 saturated heterocycles. The molecule has 2 aliphatic rings. The highest BCUT2D eigenvalue weighted by molar-refractivity contribution is 8.68. The third kappa shape index (κ3) is 4.08. The van der Waals surface area contributed by atoms with Crippen molar-refractivity contribution in [2.75, 3.05) is 0 Å². The Morgan fingerprint density at radius 2 is 1.20 bits per heavy atom. The summed E-state index contributed by atoms with van der Waals surface area (Å²) in [6.07, 6.45) is 13.1. The van der Waals surface area contributed by atoms with E-state index in [1.165, 1.54) is 57.8 Å². The molecule has 0 amide bonds. The number of rotatable bonds is 3. The molecule has 88 valence electrons. The summed E-state index contributed by atoms with van der Waals surface area (Å²) in [7, 11) is 1.78. The van der Waals surface area contributed by atoms with Gasteiger partial charge in [-0.05, 0) is 38.5 Å². The minimum absolute atomic E-state index is 0.844. The van der Waals surface area contributed by atoms with E-state index in [0.29, 0.717) is 0 Å². The molecule has 0 aromatic carbocycles. The monoisotopic (exact) mass is 262 g/mol. The number of thiol groups is 1. The first-order valence-corrected chi connectivity index (χ1v) is 9.21. The Morgan fingerprint density at radius 3 is 1.80 bits per heavy atom. The molecule has 0 nitrogen and oxygen atoms in total. The van der Waals surface area contributed by atoms with Crippen LogP contribution in [0.1, 0.15) is 57.8 Å². The second-order valence-electron chi connectivity index (χ2n) is 4.90. The zero-order valence-corrected chi connectivity index (χ0v) is 11.9. The Morgan fingerprint density at radius 1 is 0.667 bits per heavy atom. The van der Waals surface area contributed by atoms with Crippen molar-refractivity contribution in [2.45, 2.75) is 73.5 Å². The first kappa shape index (κ1) is 12.5. The van der Waals surface area contributed by atoms with Crippen LogP contribution < -0.4 is 0 Å². The lowest BCUT2D eigenvalue weighted by molar-refractivity contribution is 0.500. The van der Waals surface area contributed by atoms with Crippen LogP contribution in [0.15, 0.2) is 0 Å². The highest BCUT2D eigenvalue weighted by Crippen LogP contribution is 2.39. The van der Waals surface area contributed by atoms with Crippen molar-refractivity contribution in [1.82, 2.24) is 0 Å². The van der Waals surface area contributed by atoms with Gasteiger partial charge in [0.1, 0.15) is 0 Å². The minimum Gasteiger partial charge on any atom is -0.155 e. The molecule has 0 atom stereocenters. The Kier molecular flexibility index (Phi) is 5.59.